The molecule has 0 aliphatic rings. The van der Waals surface area contributed by atoms with Crippen LogP contribution in [0.5, 0.6) is 0 Å². The van der Waals surface area contributed by atoms with Crippen LogP contribution in [0.15, 0.2) is 116 Å². The van der Waals surface area contributed by atoms with E-state index in [4.69, 9.17) is 9.47 Å². The van der Waals surface area contributed by atoms with Crippen LogP contribution in [0.2, 0.25) is 0 Å². The second kappa shape index (κ2) is 12.2. The van der Waals surface area contributed by atoms with E-state index >= 15 is 0 Å². The SMILES string of the molecule is O=C(OCCOCCC[PH](c1ccccc1)(c1ccccc1)c1ccccc1)c1cccnc1. The van der Waals surface area contributed by atoms with Gasteiger partial charge in [-0.25, -0.2) is 0 Å². The topological polar surface area (TPSA) is 48.4 Å². The van der Waals surface area contributed by atoms with Gasteiger partial charge in [-0.3, -0.25) is 0 Å². The van der Waals surface area contributed by atoms with Crippen molar-refractivity contribution in [2.24, 2.45) is 0 Å². The van der Waals surface area contributed by atoms with Crippen LogP contribution in [-0.4, -0.2) is 36.9 Å². The van der Waals surface area contributed by atoms with E-state index in [2.05, 4.69) is 96.0 Å². The Balaban J connectivity index is 1.42. The molecule has 0 saturated heterocycles. The Morgan fingerprint density at radius 3 is 1.74 bits per heavy atom. The van der Waals surface area contributed by atoms with E-state index in [-0.39, 0.29) is 12.6 Å². The van der Waals surface area contributed by atoms with Crippen LogP contribution in [0, 0.1) is 0 Å². The summed E-state index contributed by atoms with van der Waals surface area (Å²) in [6, 6.07) is 36.1. The zero-order valence-electron chi connectivity index (χ0n) is 19.2. The summed E-state index contributed by atoms with van der Waals surface area (Å²) in [5, 5.41) is 4.20. The summed E-state index contributed by atoms with van der Waals surface area (Å²) in [6.07, 6.45) is 5.08. The Kier molecular flexibility index (Phi) is 8.56. The standard InChI is InChI=1S/C29H30NO3P/c31-29(25-12-10-19-30-24-25)33-22-21-32-20-11-23-34(26-13-4-1-5-14-26,27-15-6-2-7-16-27)28-17-8-3-9-18-28/h1-10,12-19,24,34H,11,20-23H2. The molecule has 0 unspecified atom stereocenters. The van der Waals surface area contributed by atoms with E-state index in [1.54, 1.807) is 18.3 Å². The van der Waals surface area contributed by atoms with Gasteiger partial charge >= 0.3 is 202 Å². The van der Waals surface area contributed by atoms with Crippen LogP contribution in [0.3, 0.4) is 0 Å². The molecule has 4 nitrogen and oxygen atoms in total. The summed E-state index contributed by atoms with van der Waals surface area (Å²) >= 11 is 0. The molecule has 0 atom stereocenters. The average molecular weight is 472 g/mol. The molecule has 1 aromatic heterocycles. The van der Waals surface area contributed by atoms with Gasteiger partial charge in [0, 0.05) is 0 Å². The number of aromatic nitrogens is 1. The number of hydrogen-bond donors (Lipinski definition) is 0. The minimum absolute atomic E-state index is 0.229. The first-order valence-electron chi connectivity index (χ1n) is 11.6. The van der Waals surface area contributed by atoms with Crippen LogP contribution in [-0.2, 0) is 9.47 Å². The van der Waals surface area contributed by atoms with Gasteiger partial charge in [0.1, 0.15) is 0 Å². The monoisotopic (exact) mass is 471 g/mol. The fourth-order valence-corrected chi connectivity index (χ4v) is 9.23. The van der Waals surface area contributed by atoms with Crippen molar-refractivity contribution in [1.29, 1.82) is 0 Å². The summed E-state index contributed by atoms with van der Waals surface area (Å²) in [5.41, 5.74) is 0.451. The molecule has 0 aliphatic carbocycles. The Hall–Kier alpha value is -3.33. The first-order chi connectivity index (χ1) is 16.8. The van der Waals surface area contributed by atoms with Gasteiger partial charge in [0.05, 0.1) is 0 Å². The fraction of sp³-hybridized carbons (Fsp3) is 0.172. The molecule has 0 N–H and O–H groups in total. The summed E-state index contributed by atoms with van der Waals surface area (Å²) in [7, 11) is -2.23. The molecular formula is C29H30NO3P. The molecular weight excluding hydrogens is 441 g/mol. The molecule has 0 spiro atoms. The van der Waals surface area contributed by atoms with Gasteiger partial charge in [0.15, 0.2) is 0 Å². The van der Waals surface area contributed by atoms with Crippen molar-refractivity contribution in [2.75, 3.05) is 26.0 Å². The zero-order chi connectivity index (χ0) is 23.5. The van der Waals surface area contributed by atoms with Crippen LogP contribution >= 0.6 is 7.26 Å². The maximum atomic E-state index is 12.0. The maximum absolute atomic E-state index is 12.0. The molecule has 0 saturated carbocycles. The Labute approximate surface area is 201 Å². The van der Waals surface area contributed by atoms with E-state index in [1.807, 2.05) is 0 Å². The summed E-state index contributed by atoms with van der Waals surface area (Å²) in [5.74, 6) is -0.375. The second-order valence-corrected chi connectivity index (χ2v) is 12.1. The van der Waals surface area contributed by atoms with Crippen molar-refractivity contribution in [3.63, 3.8) is 0 Å². The number of hydrogen-bond acceptors (Lipinski definition) is 4. The van der Waals surface area contributed by atoms with Crippen molar-refractivity contribution in [1.82, 2.24) is 4.98 Å². The number of pyridine rings is 1. The summed E-state index contributed by atoms with van der Waals surface area (Å²) in [6.45, 7) is 1.22. The first kappa shape index (κ1) is 23.8. The summed E-state index contributed by atoms with van der Waals surface area (Å²) < 4.78 is 11.1. The second-order valence-electron chi connectivity index (χ2n) is 8.10. The number of rotatable bonds is 11. The molecule has 4 aromatic rings. The quantitative estimate of drug-likeness (QED) is 0.185. The molecule has 0 fully saturated rings. The zero-order valence-corrected chi connectivity index (χ0v) is 20.2. The van der Waals surface area contributed by atoms with Crippen molar-refractivity contribution < 1.29 is 14.3 Å². The fourth-order valence-electron chi connectivity index (χ4n) is 4.40. The van der Waals surface area contributed by atoms with Crippen molar-refractivity contribution in [3.05, 3.63) is 121 Å². The average Bonchev–Trinajstić information content (AvgIpc) is 2.92. The third-order valence-electron chi connectivity index (χ3n) is 6.00. The number of nitrogens with zero attached hydrogens (tertiary/aromatic N) is 1. The predicted molar refractivity (Wildman–Crippen MR) is 141 cm³/mol. The van der Waals surface area contributed by atoms with E-state index in [0.29, 0.717) is 18.8 Å². The third kappa shape index (κ3) is 5.77. The molecule has 34 heavy (non-hydrogen) atoms. The molecule has 4 rings (SSSR count). The number of benzene rings is 3. The van der Waals surface area contributed by atoms with E-state index < -0.39 is 7.26 Å². The third-order valence-corrected chi connectivity index (χ3v) is 11.1. The van der Waals surface area contributed by atoms with Crippen molar-refractivity contribution in [3.8, 4) is 0 Å². The van der Waals surface area contributed by atoms with Crippen LogP contribution in [0.1, 0.15) is 16.8 Å². The molecule has 0 aliphatic heterocycles. The Bertz CT molecular complexity index is 1040. The van der Waals surface area contributed by atoms with Gasteiger partial charge in [0.2, 0.25) is 0 Å². The molecule has 5 heteroatoms. The normalized spacial score (nSPS) is 11.6. The van der Waals surface area contributed by atoms with Gasteiger partial charge in [-0.1, -0.05) is 0 Å². The van der Waals surface area contributed by atoms with Gasteiger partial charge in [-0.05, 0) is 0 Å². The van der Waals surface area contributed by atoms with Gasteiger partial charge in [-0.15, -0.1) is 0 Å². The Morgan fingerprint density at radius 2 is 1.24 bits per heavy atom. The van der Waals surface area contributed by atoms with Crippen molar-refractivity contribution >= 4 is 29.1 Å². The number of carbonyl (C=O) groups is 1. The molecule has 3 aromatic carbocycles. The molecule has 0 amide bonds. The number of ether oxygens (including phenoxy) is 2. The molecule has 0 radical (unpaired) electrons. The Morgan fingerprint density at radius 1 is 0.676 bits per heavy atom. The van der Waals surface area contributed by atoms with Crippen LogP contribution in [0.25, 0.3) is 0 Å². The molecule has 174 valence electrons. The first-order valence-corrected chi connectivity index (χ1v) is 13.8. The minimum atomic E-state index is -2.23. The van der Waals surface area contributed by atoms with Gasteiger partial charge in [-0.2, -0.15) is 0 Å². The summed E-state index contributed by atoms with van der Waals surface area (Å²) in [4.78, 5) is 16.0. The van der Waals surface area contributed by atoms with Gasteiger partial charge < -0.3 is 0 Å². The molecule has 1 heterocycles. The van der Waals surface area contributed by atoms with Crippen LogP contribution in [0.4, 0.5) is 0 Å². The van der Waals surface area contributed by atoms with E-state index in [0.717, 1.165) is 12.6 Å². The van der Waals surface area contributed by atoms with Crippen LogP contribution < -0.4 is 15.9 Å². The van der Waals surface area contributed by atoms with E-state index in [1.165, 1.54) is 22.1 Å². The van der Waals surface area contributed by atoms with E-state index in [9.17, 15) is 4.79 Å². The molecule has 0 bridgehead atoms. The van der Waals surface area contributed by atoms with Gasteiger partial charge in [0.25, 0.3) is 0 Å². The number of esters is 1. The number of carbonyl (C=O) groups excluding carboxylic acids is 1. The van der Waals surface area contributed by atoms with Crippen molar-refractivity contribution in [2.45, 2.75) is 6.42 Å². The predicted octanol–water partition coefficient (Wildman–Crippen LogP) is 4.37.